The molecule has 0 saturated carbocycles. The topological polar surface area (TPSA) is 61.1 Å². The third-order valence-corrected chi connectivity index (χ3v) is 3.10. The number of aryl methyl sites for hydroxylation is 1. The molecule has 1 heterocycles. The Labute approximate surface area is 118 Å². The van der Waals surface area contributed by atoms with Crippen molar-refractivity contribution in [1.29, 1.82) is 0 Å². The van der Waals surface area contributed by atoms with E-state index in [4.69, 9.17) is 0 Å². The Bertz CT molecular complexity index is 837. The molecular weight excluding hydrogens is 282 g/mol. The number of nitrogens with zero attached hydrogens (tertiary/aromatic N) is 2. The van der Waals surface area contributed by atoms with Crippen LogP contribution in [0.15, 0.2) is 34.0 Å². The van der Waals surface area contributed by atoms with Crippen molar-refractivity contribution in [3.63, 3.8) is 0 Å². The molecule has 0 aliphatic rings. The average Bonchev–Trinajstić information content (AvgIpc) is 2.44. The van der Waals surface area contributed by atoms with E-state index in [-0.39, 0.29) is 17.5 Å². The van der Waals surface area contributed by atoms with Crippen molar-refractivity contribution >= 4 is 5.78 Å². The van der Waals surface area contributed by atoms with Crippen LogP contribution < -0.4 is 11.2 Å². The van der Waals surface area contributed by atoms with Crippen LogP contribution in [0.2, 0.25) is 0 Å². The fourth-order valence-electron chi connectivity index (χ4n) is 1.93. The van der Waals surface area contributed by atoms with Gasteiger partial charge in [-0.25, -0.2) is 13.6 Å². The van der Waals surface area contributed by atoms with Crippen molar-refractivity contribution in [2.75, 3.05) is 0 Å². The number of aromatic nitrogens is 2. The van der Waals surface area contributed by atoms with Crippen LogP contribution in [0.25, 0.3) is 0 Å². The minimum absolute atomic E-state index is 0.177. The summed E-state index contributed by atoms with van der Waals surface area (Å²) in [6.45, 7) is 0. The molecule has 0 saturated heterocycles. The van der Waals surface area contributed by atoms with E-state index in [0.717, 1.165) is 27.5 Å². The summed E-state index contributed by atoms with van der Waals surface area (Å²) in [5.41, 5.74) is -1.20. The molecule has 7 heteroatoms. The normalized spacial score (nSPS) is 10.7. The van der Waals surface area contributed by atoms with E-state index in [1.807, 2.05) is 0 Å². The maximum absolute atomic E-state index is 13.1. The van der Waals surface area contributed by atoms with Crippen molar-refractivity contribution in [3.8, 4) is 0 Å². The third kappa shape index (κ3) is 2.81. The molecule has 0 bridgehead atoms. The van der Waals surface area contributed by atoms with Gasteiger partial charge in [0, 0.05) is 26.7 Å². The summed E-state index contributed by atoms with van der Waals surface area (Å²) in [5.74, 6) is -2.64. The highest BCUT2D eigenvalue weighted by molar-refractivity contribution is 5.96. The molecule has 0 radical (unpaired) electrons. The zero-order chi connectivity index (χ0) is 15.7. The molecule has 0 atom stereocenters. The molecule has 5 nitrogen and oxygen atoms in total. The molecule has 0 aliphatic heterocycles. The van der Waals surface area contributed by atoms with Crippen LogP contribution in [-0.4, -0.2) is 14.9 Å². The molecule has 0 unspecified atom stereocenters. The number of rotatable bonds is 3. The van der Waals surface area contributed by atoms with Gasteiger partial charge < -0.3 is 4.57 Å². The smallest absolute Gasteiger partial charge is 0.303 e. The number of Topliss-reactive ketones (excluding diaryl/α,β-unsaturated/α-hetero) is 1. The molecule has 0 spiro atoms. The second kappa shape index (κ2) is 5.43. The summed E-state index contributed by atoms with van der Waals surface area (Å²) in [6, 6.07) is 3.08. The predicted molar refractivity (Wildman–Crippen MR) is 71.3 cm³/mol. The predicted octanol–water partition coefficient (Wildman–Crippen LogP) is 0.788. The lowest BCUT2D eigenvalue weighted by Crippen LogP contribution is -2.39. The second-order valence-corrected chi connectivity index (χ2v) is 4.65. The Morgan fingerprint density at radius 3 is 2.43 bits per heavy atom. The quantitative estimate of drug-likeness (QED) is 0.786. The molecule has 110 valence electrons. The lowest BCUT2D eigenvalue weighted by molar-refractivity contribution is 0.0990. The van der Waals surface area contributed by atoms with Crippen LogP contribution in [0.4, 0.5) is 8.78 Å². The maximum Gasteiger partial charge on any atom is 0.330 e. The summed E-state index contributed by atoms with van der Waals surface area (Å²) >= 11 is 0. The summed E-state index contributed by atoms with van der Waals surface area (Å²) in [7, 11) is 2.68. The van der Waals surface area contributed by atoms with Gasteiger partial charge in [-0.1, -0.05) is 6.07 Å². The average molecular weight is 294 g/mol. The Hall–Kier alpha value is -2.57. The highest BCUT2D eigenvalue weighted by Gasteiger charge is 2.16. The first-order valence-electron chi connectivity index (χ1n) is 6.05. The SMILES string of the molecule is Cn1cc(C(=O)Cc2ccc(F)c(F)c2)c(=O)n(C)c1=O. The van der Waals surface area contributed by atoms with Crippen molar-refractivity contribution in [2.45, 2.75) is 6.42 Å². The number of halogens is 2. The van der Waals surface area contributed by atoms with Crippen LogP contribution >= 0.6 is 0 Å². The van der Waals surface area contributed by atoms with Gasteiger partial charge in [-0.15, -0.1) is 0 Å². The standard InChI is InChI=1S/C14H12F2N2O3/c1-17-7-9(13(20)18(2)14(17)21)12(19)6-8-3-4-10(15)11(16)5-8/h3-5,7H,6H2,1-2H3. The van der Waals surface area contributed by atoms with Gasteiger partial charge in [0.15, 0.2) is 17.4 Å². The van der Waals surface area contributed by atoms with E-state index in [2.05, 4.69) is 0 Å². The minimum atomic E-state index is -1.06. The highest BCUT2D eigenvalue weighted by atomic mass is 19.2. The van der Waals surface area contributed by atoms with Gasteiger partial charge in [-0.2, -0.15) is 0 Å². The fourth-order valence-corrected chi connectivity index (χ4v) is 1.93. The molecule has 0 amide bonds. The molecular formula is C14H12F2N2O3. The van der Waals surface area contributed by atoms with Crippen LogP contribution in [0.5, 0.6) is 0 Å². The van der Waals surface area contributed by atoms with E-state index in [0.29, 0.717) is 0 Å². The lowest BCUT2D eigenvalue weighted by atomic mass is 10.0. The molecule has 0 fully saturated rings. The maximum atomic E-state index is 13.1. The zero-order valence-corrected chi connectivity index (χ0v) is 11.4. The molecule has 1 aromatic heterocycles. The van der Waals surface area contributed by atoms with Crippen molar-refractivity contribution in [1.82, 2.24) is 9.13 Å². The van der Waals surface area contributed by atoms with E-state index < -0.39 is 28.7 Å². The van der Waals surface area contributed by atoms with E-state index >= 15 is 0 Å². The Balaban J connectivity index is 2.39. The van der Waals surface area contributed by atoms with E-state index in [1.165, 1.54) is 20.2 Å². The molecule has 0 N–H and O–H groups in total. The first kappa shape index (κ1) is 14.8. The summed E-state index contributed by atoms with van der Waals surface area (Å²) in [6.07, 6.45) is 0.886. The molecule has 2 aromatic rings. The number of benzene rings is 1. The van der Waals surface area contributed by atoms with Crippen LogP contribution in [0.1, 0.15) is 15.9 Å². The summed E-state index contributed by atoms with van der Waals surface area (Å²) in [4.78, 5) is 35.5. The monoisotopic (exact) mass is 294 g/mol. The minimum Gasteiger partial charge on any atom is -0.303 e. The number of hydrogen-bond acceptors (Lipinski definition) is 3. The number of carbonyl (C=O) groups is 1. The van der Waals surface area contributed by atoms with Gasteiger partial charge in [0.25, 0.3) is 5.56 Å². The Kier molecular flexibility index (Phi) is 3.84. The summed E-state index contributed by atoms with van der Waals surface area (Å²) < 4.78 is 27.8. The zero-order valence-electron chi connectivity index (χ0n) is 11.4. The Morgan fingerprint density at radius 1 is 1.14 bits per heavy atom. The van der Waals surface area contributed by atoms with Gasteiger partial charge in [-0.05, 0) is 17.7 Å². The fraction of sp³-hybridized carbons (Fsp3) is 0.214. The van der Waals surface area contributed by atoms with E-state index in [1.54, 1.807) is 0 Å². The number of ketones is 1. The van der Waals surface area contributed by atoms with Gasteiger partial charge in [0.1, 0.15) is 0 Å². The summed E-state index contributed by atoms with van der Waals surface area (Å²) in [5, 5.41) is 0. The van der Waals surface area contributed by atoms with Crippen molar-refractivity contribution in [2.24, 2.45) is 14.1 Å². The van der Waals surface area contributed by atoms with Crippen molar-refractivity contribution in [3.05, 3.63) is 68.0 Å². The van der Waals surface area contributed by atoms with Crippen LogP contribution in [0, 0.1) is 11.6 Å². The number of carbonyl (C=O) groups excluding carboxylic acids is 1. The first-order chi connectivity index (χ1) is 9.81. The van der Waals surface area contributed by atoms with E-state index in [9.17, 15) is 23.2 Å². The third-order valence-electron chi connectivity index (χ3n) is 3.10. The van der Waals surface area contributed by atoms with Crippen LogP contribution in [0.3, 0.4) is 0 Å². The van der Waals surface area contributed by atoms with Gasteiger partial charge >= 0.3 is 5.69 Å². The molecule has 0 aliphatic carbocycles. The molecule has 2 rings (SSSR count). The first-order valence-corrected chi connectivity index (χ1v) is 6.05. The molecule has 1 aromatic carbocycles. The van der Waals surface area contributed by atoms with Crippen molar-refractivity contribution < 1.29 is 13.6 Å². The van der Waals surface area contributed by atoms with Gasteiger partial charge in [-0.3, -0.25) is 14.2 Å². The van der Waals surface area contributed by atoms with Gasteiger partial charge in [0.2, 0.25) is 0 Å². The Morgan fingerprint density at radius 2 is 1.81 bits per heavy atom. The highest BCUT2D eigenvalue weighted by Crippen LogP contribution is 2.10. The van der Waals surface area contributed by atoms with Crippen LogP contribution in [-0.2, 0) is 20.5 Å². The molecule has 21 heavy (non-hydrogen) atoms. The number of hydrogen-bond donors (Lipinski definition) is 0. The second-order valence-electron chi connectivity index (χ2n) is 4.65. The largest absolute Gasteiger partial charge is 0.330 e. The lowest BCUT2D eigenvalue weighted by Gasteiger charge is -2.06. The van der Waals surface area contributed by atoms with Gasteiger partial charge in [0.05, 0.1) is 5.56 Å².